The Morgan fingerprint density at radius 1 is 1.53 bits per heavy atom. The van der Waals surface area contributed by atoms with E-state index in [4.69, 9.17) is 4.74 Å². The fourth-order valence-corrected chi connectivity index (χ4v) is 1.65. The molecule has 0 amide bonds. The first kappa shape index (κ1) is 13.7. The van der Waals surface area contributed by atoms with Crippen LogP contribution in [0.3, 0.4) is 0 Å². The van der Waals surface area contributed by atoms with Gasteiger partial charge in [0.25, 0.3) is 0 Å². The molecule has 1 atom stereocenters. The summed E-state index contributed by atoms with van der Waals surface area (Å²) in [5.74, 6) is -0.179. The van der Waals surface area contributed by atoms with Gasteiger partial charge in [-0.2, -0.15) is 0 Å². The van der Waals surface area contributed by atoms with E-state index in [1.54, 1.807) is 6.20 Å². The quantitative estimate of drug-likeness (QED) is 0.547. The SMILES string of the molecule is CCC(NCCCCn1ccnc1)C(=O)OC. The van der Waals surface area contributed by atoms with Crippen molar-refractivity contribution >= 4 is 5.97 Å². The van der Waals surface area contributed by atoms with Gasteiger partial charge in [-0.1, -0.05) is 6.92 Å². The van der Waals surface area contributed by atoms with Gasteiger partial charge in [-0.3, -0.25) is 4.79 Å². The Balaban J connectivity index is 2.08. The second-order valence-corrected chi connectivity index (χ2v) is 3.95. The van der Waals surface area contributed by atoms with E-state index in [1.807, 2.05) is 19.4 Å². The van der Waals surface area contributed by atoms with Crippen LogP contribution in [0.5, 0.6) is 0 Å². The molecule has 5 nitrogen and oxygen atoms in total. The molecule has 0 aromatic carbocycles. The van der Waals surface area contributed by atoms with Crippen molar-refractivity contribution < 1.29 is 9.53 Å². The summed E-state index contributed by atoms with van der Waals surface area (Å²) >= 11 is 0. The first-order valence-electron chi connectivity index (χ1n) is 6.05. The number of imidazole rings is 1. The number of aryl methyl sites for hydroxylation is 1. The molecule has 0 spiro atoms. The van der Waals surface area contributed by atoms with Crippen molar-refractivity contribution in [2.45, 2.75) is 38.8 Å². The van der Waals surface area contributed by atoms with Crippen molar-refractivity contribution in [1.29, 1.82) is 0 Å². The normalized spacial score (nSPS) is 12.4. The number of aromatic nitrogens is 2. The molecule has 1 aromatic heterocycles. The van der Waals surface area contributed by atoms with Gasteiger partial charge in [0.2, 0.25) is 0 Å². The number of carbonyl (C=O) groups is 1. The van der Waals surface area contributed by atoms with Crippen LogP contribution in [0.15, 0.2) is 18.7 Å². The second-order valence-electron chi connectivity index (χ2n) is 3.95. The molecule has 1 aromatic rings. The summed E-state index contributed by atoms with van der Waals surface area (Å²) in [6.07, 6.45) is 8.41. The molecule has 96 valence electrons. The number of ether oxygens (including phenoxy) is 1. The molecule has 17 heavy (non-hydrogen) atoms. The van der Waals surface area contributed by atoms with Crippen LogP contribution in [0, 0.1) is 0 Å². The zero-order chi connectivity index (χ0) is 12.5. The maximum atomic E-state index is 11.3. The van der Waals surface area contributed by atoms with Crippen molar-refractivity contribution in [2.75, 3.05) is 13.7 Å². The molecular weight excluding hydrogens is 218 g/mol. The third kappa shape index (κ3) is 4.99. The first-order valence-corrected chi connectivity index (χ1v) is 6.05. The number of rotatable bonds is 8. The lowest BCUT2D eigenvalue weighted by molar-refractivity contribution is -0.143. The van der Waals surface area contributed by atoms with Crippen molar-refractivity contribution in [3.63, 3.8) is 0 Å². The van der Waals surface area contributed by atoms with Crippen molar-refractivity contribution in [2.24, 2.45) is 0 Å². The predicted octanol–water partition coefficient (Wildman–Crippen LogP) is 1.20. The topological polar surface area (TPSA) is 56.2 Å². The lowest BCUT2D eigenvalue weighted by atomic mass is 10.2. The fourth-order valence-electron chi connectivity index (χ4n) is 1.65. The van der Waals surface area contributed by atoms with Gasteiger partial charge in [0, 0.05) is 18.9 Å². The van der Waals surface area contributed by atoms with E-state index in [2.05, 4.69) is 14.9 Å². The molecular formula is C12H21N3O2. The number of hydrogen-bond acceptors (Lipinski definition) is 4. The summed E-state index contributed by atoms with van der Waals surface area (Å²) < 4.78 is 6.76. The van der Waals surface area contributed by atoms with Crippen molar-refractivity contribution in [3.8, 4) is 0 Å². The van der Waals surface area contributed by atoms with E-state index in [0.29, 0.717) is 0 Å². The van der Waals surface area contributed by atoms with Crippen LogP contribution in [0.2, 0.25) is 0 Å². The fraction of sp³-hybridized carbons (Fsp3) is 0.667. The average Bonchev–Trinajstić information content (AvgIpc) is 2.86. The van der Waals surface area contributed by atoms with Gasteiger partial charge in [-0.15, -0.1) is 0 Å². The number of nitrogens with one attached hydrogen (secondary N) is 1. The Kier molecular flexibility index (Phi) is 6.32. The zero-order valence-corrected chi connectivity index (χ0v) is 10.6. The molecule has 1 N–H and O–H groups in total. The molecule has 0 aliphatic carbocycles. The summed E-state index contributed by atoms with van der Waals surface area (Å²) in [6.45, 7) is 3.78. The maximum Gasteiger partial charge on any atom is 0.322 e. The van der Waals surface area contributed by atoms with Crippen molar-refractivity contribution in [1.82, 2.24) is 14.9 Å². The third-order valence-electron chi connectivity index (χ3n) is 2.69. The van der Waals surface area contributed by atoms with Crippen molar-refractivity contribution in [3.05, 3.63) is 18.7 Å². The molecule has 0 aliphatic rings. The van der Waals surface area contributed by atoms with Crippen LogP contribution >= 0.6 is 0 Å². The molecule has 0 aliphatic heterocycles. The number of nitrogens with zero attached hydrogens (tertiary/aromatic N) is 2. The average molecular weight is 239 g/mol. The summed E-state index contributed by atoms with van der Waals surface area (Å²) in [5.41, 5.74) is 0. The minimum Gasteiger partial charge on any atom is -0.468 e. The van der Waals surface area contributed by atoms with Gasteiger partial charge in [-0.05, 0) is 25.8 Å². The molecule has 1 rings (SSSR count). The molecule has 1 heterocycles. The highest BCUT2D eigenvalue weighted by Gasteiger charge is 2.14. The van der Waals surface area contributed by atoms with Gasteiger partial charge >= 0.3 is 5.97 Å². The van der Waals surface area contributed by atoms with E-state index < -0.39 is 0 Å². The number of carbonyl (C=O) groups excluding carboxylic acids is 1. The number of unbranched alkanes of at least 4 members (excludes halogenated alkanes) is 1. The summed E-state index contributed by atoms with van der Waals surface area (Å²) in [5, 5.41) is 3.20. The van der Waals surface area contributed by atoms with Crippen LogP contribution in [0.1, 0.15) is 26.2 Å². The smallest absolute Gasteiger partial charge is 0.322 e. The lowest BCUT2D eigenvalue weighted by Crippen LogP contribution is -2.37. The molecule has 0 bridgehead atoms. The summed E-state index contributed by atoms with van der Waals surface area (Å²) in [6, 6.07) is -0.173. The molecule has 0 saturated carbocycles. The predicted molar refractivity (Wildman–Crippen MR) is 65.6 cm³/mol. The van der Waals surface area contributed by atoms with Crippen LogP contribution in [0.4, 0.5) is 0 Å². The molecule has 0 fully saturated rings. The standard InChI is InChI=1S/C12H21N3O2/c1-3-11(12(16)17-2)14-6-4-5-8-15-9-7-13-10-15/h7,9-11,14H,3-6,8H2,1-2H3. The highest BCUT2D eigenvalue weighted by molar-refractivity contribution is 5.75. The van der Waals surface area contributed by atoms with Gasteiger partial charge in [0.15, 0.2) is 0 Å². The molecule has 1 unspecified atom stereocenters. The molecule has 0 radical (unpaired) electrons. The second kappa shape index (κ2) is 7.84. The minimum atomic E-state index is -0.179. The number of hydrogen-bond donors (Lipinski definition) is 1. The number of esters is 1. The van der Waals surface area contributed by atoms with E-state index in [-0.39, 0.29) is 12.0 Å². The van der Waals surface area contributed by atoms with Gasteiger partial charge in [-0.25, -0.2) is 4.98 Å². The Morgan fingerprint density at radius 2 is 2.35 bits per heavy atom. The Morgan fingerprint density at radius 3 is 2.94 bits per heavy atom. The van der Waals surface area contributed by atoms with E-state index in [9.17, 15) is 4.79 Å². The van der Waals surface area contributed by atoms with Crippen LogP contribution in [0.25, 0.3) is 0 Å². The highest BCUT2D eigenvalue weighted by Crippen LogP contribution is 1.97. The van der Waals surface area contributed by atoms with E-state index in [0.717, 1.165) is 32.4 Å². The summed E-state index contributed by atoms with van der Waals surface area (Å²) in [7, 11) is 1.42. The molecule has 0 saturated heterocycles. The van der Waals surface area contributed by atoms with Gasteiger partial charge in [0.05, 0.1) is 13.4 Å². The van der Waals surface area contributed by atoms with Crippen LogP contribution in [-0.4, -0.2) is 35.2 Å². The zero-order valence-electron chi connectivity index (χ0n) is 10.6. The maximum absolute atomic E-state index is 11.3. The van der Waals surface area contributed by atoms with E-state index >= 15 is 0 Å². The largest absolute Gasteiger partial charge is 0.468 e. The Bertz CT molecular complexity index is 312. The minimum absolute atomic E-state index is 0.173. The molecule has 5 heteroatoms. The van der Waals surface area contributed by atoms with Gasteiger partial charge < -0.3 is 14.6 Å². The third-order valence-corrected chi connectivity index (χ3v) is 2.69. The Hall–Kier alpha value is -1.36. The van der Waals surface area contributed by atoms with Crippen LogP contribution in [-0.2, 0) is 16.1 Å². The Labute approximate surface area is 102 Å². The lowest BCUT2D eigenvalue weighted by Gasteiger charge is -2.14. The number of methoxy groups -OCH3 is 1. The summed E-state index contributed by atoms with van der Waals surface area (Å²) in [4.78, 5) is 15.3. The monoisotopic (exact) mass is 239 g/mol. The van der Waals surface area contributed by atoms with Crippen LogP contribution < -0.4 is 5.32 Å². The first-order chi connectivity index (χ1) is 8.27. The van der Waals surface area contributed by atoms with Gasteiger partial charge in [0.1, 0.15) is 6.04 Å². The highest BCUT2D eigenvalue weighted by atomic mass is 16.5. The van der Waals surface area contributed by atoms with E-state index in [1.165, 1.54) is 7.11 Å².